The number of rotatable bonds is 8. The molecule has 4 aromatic rings. The second-order valence-electron chi connectivity index (χ2n) is 7.46. The number of aryl methyl sites for hydroxylation is 1. The highest BCUT2D eigenvalue weighted by Gasteiger charge is 2.18. The first-order chi connectivity index (χ1) is 15.4. The van der Waals surface area contributed by atoms with Crippen molar-refractivity contribution in [2.45, 2.75) is 45.3 Å². The molecule has 0 aliphatic carbocycles. The molecule has 0 aliphatic rings. The van der Waals surface area contributed by atoms with E-state index in [1.54, 1.807) is 4.57 Å². The number of fused-ring (bicyclic) bond motifs is 2. The van der Waals surface area contributed by atoms with Crippen LogP contribution in [-0.4, -0.2) is 37.8 Å². The van der Waals surface area contributed by atoms with E-state index in [9.17, 15) is 9.59 Å². The number of thiazole rings is 1. The van der Waals surface area contributed by atoms with E-state index in [4.69, 9.17) is 4.74 Å². The number of hydrogen-bond donors (Lipinski definition) is 2. The van der Waals surface area contributed by atoms with Gasteiger partial charge in [-0.2, -0.15) is 0 Å². The molecule has 0 aliphatic heterocycles. The fourth-order valence-electron chi connectivity index (χ4n) is 3.37. The number of aromatic amines is 1. The molecule has 0 saturated heterocycles. The number of thioether (sulfide) groups is 1. The van der Waals surface area contributed by atoms with Crippen molar-refractivity contribution in [2.75, 3.05) is 17.7 Å². The Morgan fingerprint density at radius 2 is 2.09 bits per heavy atom. The molecular formula is C22H25N5O3S2. The topological polar surface area (TPSA) is 102 Å². The van der Waals surface area contributed by atoms with E-state index in [0.29, 0.717) is 27.9 Å². The number of benzene rings is 1. The van der Waals surface area contributed by atoms with E-state index >= 15 is 0 Å². The zero-order valence-corrected chi connectivity index (χ0v) is 20.0. The van der Waals surface area contributed by atoms with E-state index in [1.807, 2.05) is 52.0 Å². The van der Waals surface area contributed by atoms with Crippen molar-refractivity contribution in [3.8, 4) is 5.75 Å². The van der Waals surface area contributed by atoms with E-state index in [0.717, 1.165) is 28.1 Å². The first-order valence-corrected chi connectivity index (χ1v) is 12.3. The number of H-pyrrole nitrogens is 1. The summed E-state index contributed by atoms with van der Waals surface area (Å²) in [6.45, 7) is 8.41. The number of amides is 1. The van der Waals surface area contributed by atoms with Crippen LogP contribution in [0.2, 0.25) is 0 Å². The number of nitrogens with zero attached hydrogens (tertiary/aromatic N) is 3. The van der Waals surface area contributed by atoms with Crippen molar-refractivity contribution < 1.29 is 9.53 Å². The molecule has 8 nitrogen and oxygen atoms in total. The van der Waals surface area contributed by atoms with Gasteiger partial charge in [0.2, 0.25) is 5.91 Å². The van der Waals surface area contributed by atoms with E-state index < -0.39 is 0 Å². The third-order valence-corrected chi connectivity index (χ3v) is 6.97. The fourth-order valence-corrected chi connectivity index (χ4v) is 5.13. The van der Waals surface area contributed by atoms with Gasteiger partial charge in [0.25, 0.3) is 5.56 Å². The summed E-state index contributed by atoms with van der Waals surface area (Å²) in [4.78, 5) is 37.9. The van der Waals surface area contributed by atoms with Gasteiger partial charge in [0.15, 0.2) is 10.3 Å². The SMILES string of the molecule is CCOc1ccc2sc(NC(=O)CSc3nc4cc(C)[nH]c4c(=O)n3[C@H](C)CC)nc2c1. The van der Waals surface area contributed by atoms with Gasteiger partial charge in [0.05, 0.1) is 28.1 Å². The fraction of sp³-hybridized carbons (Fsp3) is 0.364. The lowest BCUT2D eigenvalue weighted by Crippen LogP contribution is -2.26. The normalized spacial score (nSPS) is 12.4. The quantitative estimate of drug-likeness (QED) is 0.284. The Morgan fingerprint density at radius 1 is 1.28 bits per heavy atom. The molecule has 1 aromatic carbocycles. The van der Waals surface area contributed by atoms with E-state index in [1.165, 1.54) is 23.1 Å². The summed E-state index contributed by atoms with van der Waals surface area (Å²) in [6.07, 6.45) is 0.780. The van der Waals surface area contributed by atoms with Crippen LogP contribution in [0.5, 0.6) is 5.75 Å². The maximum atomic E-state index is 13.0. The predicted molar refractivity (Wildman–Crippen MR) is 130 cm³/mol. The van der Waals surface area contributed by atoms with Crippen molar-refractivity contribution in [1.29, 1.82) is 0 Å². The van der Waals surface area contributed by atoms with E-state index in [2.05, 4.69) is 20.3 Å². The van der Waals surface area contributed by atoms with Crippen LogP contribution < -0.4 is 15.6 Å². The van der Waals surface area contributed by atoms with Crippen LogP contribution in [0.1, 0.15) is 38.9 Å². The zero-order valence-electron chi connectivity index (χ0n) is 18.4. The molecule has 0 saturated carbocycles. The Balaban J connectivity index is 1.52. The maximum Gasteiger partial charge on any atom is 0.278 e. The van der Waals surface area contributed by atoms with Crippen molar-refractivity contribution in [3.63, 3.8) is 0 Å². The van der Waals surface area contributed by atoms with Gasteiger partial charge in [-0.05, 0) is 45.4 Å². The Morgan fingerprint density at radius 3 is 2.84 bits per heavy atom. The molecule has 3 aromatic heterocycles. The minimum Gasteiger partial charge on any atom is -0.494 e. The molecule has 168 valence electrons. The number of carbonyl (C=O) groups is 1. The van der Waals surface area contributed by atoms with Crippen LogP contribution in [0, 0.1) is 6.92 Å². The van der Waals surface area contributed by atoms with Crippen molar-refractivity contribution >= 4 is 55.4 Å². The summed E-state index contributed by atoms with van der Waals surface area (Å²) in [5.74, 6) is 0.676. The number of ether oxygens (including phenoxy) is 1. The molecule has 0 unspecified atom stereocenters. The Bertz CT molecular complexity index is 1340. The molecular weight excluding hydrogens is 446 g/mol. The standard InChI is InChI=1S/C22H25N5O3S2/c1-5-13(4)27-20(29)19-16(9-12(3)23-19)25-22(27)31-11-18(28)26-21-24-15-10-14(30-6-2)7-8-17(15)32-21/h7-10,13,23H,5-6,11H2,1-4H3,(H,24,26,28)/t13-/m1/s1. The molecule has 10 heteroatoms. The van der Waals surface area contributed by atoms with Crippen LogP contribution in [0.3, 0.4) is 0 Å². The highest BCUT2D eigenvalue weighted by atomic mass is 32.2. The van der Waals surface area contributed by atoms with Gasteiger partial charge in [0, 0.05) is 17.8 Å². The average molecular weight is 472 g/mol. The highest BCUT2D eigenvalue weighted by Crippen LogP contribution is 2.29. The molecule has 0 spiro atoms. The smallest absolute Gasteiger partial charge is 0.278 e. The van der Waals surface area contributed by atoms with Crippen LogP contribution in [0.4, 0.5) is 5.13 Å². The monoisotopic (exact) mass is 471 g/mol. The van der Waals surface area contributed by atoms with Gasteiger partial charge in [-0.1, -0.05) is 30.0 Å². The zero-order chi connectivity index (χ0) is 22.8. The summed E-state index contributed by atoms with van der Waals surface area (Å²) in [6, 6.07) is 7.51. The van der Waals surface area contributed by atoms with Crippen molar-refractivity contribution in [1.82, 2.24) is 19.5 Å². The third-order valence-electron chi connectivity index (χ3n) is 5.07. The second-order valence-corrected chi connectivity index (χ2v) is 9.43. The lowest BCUT2D eigenvalue weighted by atomic mass is 10.2. The number of anilines is 1. The molecule has 1 atom stereocenters. The Kier molecular flexibility index (Phi) is 6.52. The van der Waals surface area contributed by atoms with Crippen LogP contribution in [0.15, 0.2) is 34.2 Å². The first-order valence-electron chi connectivity index (χ1n) is 10.5. The Labute approximate surface area is 193 Å². The molecule has 0 fully saturated rings. The van der Waals surface area contributed by atoms with Crippen molar-refractivity contribution in [2.24, 2.45) is 0 Å². The van der Waals surface area contributed by atoms with Crippen LogP contribution >= 0.6 is 23.1 Å². The van der Waals surface area contributed by atoms with Crippen LogP contribution in [0.25, 0.3) is 21.3 Å². The second kappa shape index (κ2) is 9.33. The summed E-state index contributed by atoms with van der Waals surface area (Å²) < 4.78 is 8.15. The maximum absolute atomic E-state index is 13.0. The van der Waals surface area contributed by atoms with Gasteiger partial charge in [0.1, 0.15) is 11.3 Å². The lowest BCUT2D eigenvalue weighted by molar-refractivity contribution is -0.113. The minimum absolute atomic E-state index is 0.0302. The molecule has 2 N–H and O–H groups in total. The van der Waals surface area contributed by atoms with Gasteiger partial charge in [-0.25, -0.2) is 9.97 Å². The first kappa shape index (κ1) is 22.3. The van der Waals surface area contributed by atoms with Gasteiger partial charge in [-0.15, -0.1) is 0 Å². The molecule has 4 rings (SSSR count). The van der Waals surface area contributed by atoms with E-state index in [-0.39, 0.29) is 23.3 Å². The molecule has 0 radical (unpaired) electrons. The lowest BCUT2D eigenvalue weighted by Gasteiger charge is -2.17. The highest BCUT2D eigenvalue weighted by molar-refractivity contribution is 7.99. The predicted octanol–water partition coefficient (Wildman–Crippen LogP) is 4.74. The largest absolute Gasteiger partial charge is 0.494 e. The summed E-state index contributed by atoms with van der Waals surface area (Å²) in [5.41, 5.74) is 2.66. The van der Waals surface area contributed by atoms with Gasteiger partial charge in [-0.3, -0.25) is 14.2 Å². The minimum atomic E-state index is -0.200. The Hall–Kier alpha value is -2.85. The summed E-state index contributed by atoms with van der Waals surface area (Å²) >= 11 is 2.67. The molecule has 3 heterocycles. The molecule has 0 bridgehead atoms. The summed E-state index contributed by atoms with van der Waals surface area (Å²) in [7, 11) is 0. The van der Waals surface area contributed by atoms with Gasteiger partial charge >= 0.3 is 0 Å². The van der Waals surface area contributed by atoms with Gasteiger partial charge < -0.3 is 15.0 Å². The molecule has 1 amide bonds. The van der Waals surface area contributed by atoms with Crippen molar-refractivity contribution in [3.05, 3.63) is 40.3 Å². The number of aromatic nitrogens is 4. The van der Waals surface area contributed by atoms with Crippen LogP contribution in [-0.2, 0) is 4.79 Å². The number of carbonyl (C=O) groups excluding carboxylic acids is 1. The average Bonchev–Trinajstić information content (AvgIpc) is 3.33. The number of nitrogens with one attached hydrogen (secondary N) is 2. The molecule has 32 heavy (non-hydrogen) atoms. The number of hydrogen-bond acceptors (Lipinski definition) is 7. The third kappa shape index (κ3) is 4.51. The summed E-state index contributed by atoms with van der Waals surface area (Å²) in [5, 5.41) is 3.93.